The van der Waals surface area contributed by atoms with Crippen molar-refractivity contribution in [2.24, 2.45) is 13.0 Å². The maximum absolute atomic E-state index is 5.61. The summed E-state index contributed by atoms with van der Waals surface area (Å²) in [6, 6.07) is 0.632. The summed E-state index contributed by atoms with van der Waals surface area (Å²) >= 11 is 5.61. The molecule has 1 aliphatic rings. The summed E-state index contributed by atoms with van der Waals surface area (Å²) in [6.07, 6.45) is 8.18. The average Bonchev–Trinajstić information content (AvgIpc) is 2.84. The molecular weight excluding hydrogens is 270 g/mol. The van der Waals surface area contributed by atoms with Crippen LogP contribution in [0.5, 0.6) is 0 Å². The predicted molar refractivity (Wildman–Crippen MR) is 83.5 cm³/mol. The summed E-state index contributed by atoms with van der Waals surface area (Å²) < 4.78 is 1.73. The fourth-order valence-electron chi connectivity index (χ4n) is 3.09. The molecule has 1 aromatic rings. The number of aromatic nitrogens is 4. The van der Waals surface area contributed by atoms with Crippen molar-refractivity contribution in [2.75, 3.05) is 7.05 Å². The second-order valence-corrected chi connectivity index (χ2v) is 6.38. The highest BCUT2D eigenvalue weighted by atomic mass is 32.1. The summed E-state index contributed by atoms with van der Waals surface area (Å²) in [5.41, 5.74) is 0. The van der Waals surface area contributed by atoms with Crippen molar-refractivity contribution in [3.05, 3.63) is 5.82 Å². The van der Waals surface area contributed by atoms with Crippen molar-refractivity contribution < 1.29 is 0 Å². The first-order valence-corrected chi connectivity index (χ1v) is 7.97. The van der Waals surface area contributed by atoms with Crippen molar-refractivity contribution in [1.29, 1.82) is 0 Å². The highest BCUT2D eigenvalue weighted by Gasteiger charge is 2.25. The normalized spacial score (nSPS) is 22.8. The molecule has 0 aliphatic heterocycles. The first-order valence-electron chi connectivity index (χ1n) is 7.56. The van der Waals surface area contributed by atoms with Gasteiger partial charge in [0.25, 0.3) is 0 Å². The molecule has 0 aromatic carbocycles. The Bertz CT molecular complexity index is 445. The minimum Gasteiger partial charge on any atom is -0.366 e. The molecule has 1 aromatic heterocycles. The van der Waals surface area contributed by atoms with Gasteiger partial charge >= 0.3 is 0 Å². The van der Waals surface area contributed by atoms with E-state index >= 15 is 0 Å². The van der Waals surface area contributed by atoms with Crippen molar-refractivity contribution in [1.82, 2.24) is 25.1 Å². The topological polar surface area (TPSA) is 46.8 Å². The minimum absolute atomic E-state index is 0.632. The van der Waals surface area contributed by atoms with Gasteiger partial charge in [-0.2, -0.15) is 0 Å². The Hall–Kier alpha value is -1.04. The number of nitrogens with zero attached hydrogens (tertiary/aromatic N) is 5. The molecule has 2 atom stereocenters. The number of rotatable bonds is 5. The van der Waals surface area contributed by atoms with Crippen LogP contribution in [0.15, 0.2) is 0 Å². The van der Waals surface area contributed by atoms with Gasteiger partial charge in [-0.25, -0.2) is 4.68 Å². The van der Waals surface area contributed by atoms with Gasteiger partial charge in [0.15, 0.2) is 5.82 Å². The van der Waals surface area contributed by atoms with E-state index in [1.54, 1.807) is 4.68 Å². The van der Waals surface area contributed by atoms with Crippen LogP contribution in [0.2, 0.25) is 0 Å². The number of aryl methyl sites for hydroxylation is 2. The van der Waals surface area contributed by atoms with Crippen LogP contribution in [0, 0.1) is 5.92 Å². The largest absolute Gasteiger partial charge is 0.366 e. The van der Waals surface area contributed by atoms with Crippen LogP contribution in [-0.4, -0.2) is 43.2 Å². The lowest BCUT2D eigenvalue weighted by molar-refractivity contribution is 0.205. The third-order valence-corrected chi connectivity index (χ3v) is 4.95. The summed E-state index contributed by atoms with van der Waals surface area (Å²) in [7, 11) is 4.04. The van der Waals surface area contributed by atoms with E-state index in [-0.39, 0.29) is 0 Å². The lowest BCUT2D eigenvalue weighted by atomic mass is 9.85. The molecule has 0 bridgehead atoms. The molecule has 1 fully saturated rings. The van der Waals surface area contributed by atoms with E-state index < -0.39 is 0 Å². The lowest BCUT2D eigenvalue weighted by Gasteiger charge is -2.37. The van der Waals surface area contributed by atoms with E-state index in [1.807, 2.05) is 7.05 Å². The Balaban J connectivity index is 1.77. The summed E-state index contributed by atoms with van der Waals surface area (Å²) in [5.74, 6) is 1.69. The third-order valence-electron chi connectivity index (χ3n) is 4.46. The minimum atomic E-state index is 0.632. The molecule has 1 aliphatic carbocycles. The Labute approximate surface area is 126 Å². The van der Waals surface area contributed by atoms with E-state index in [0.29, 0.717) is 6.04 Å². The van der Waals surface area contributed by atoms with Crippen LogP contribution in [0.1, 0.15) is 51.3 Å². The van der Waals surface area contributed by atoms with Gasteiger partial charge in [0, 0.05) is 26.6 Å². The SMILES string of the molecule is CC1CCCCC1N(C)C(=S)CCCc1nnnn1C. The standard InChI is InChI=1S/C14H25N5S/c1-11-7-4-5-8-12(11)18(2)14(20)10-6-9-13-15-16-17-19(13)3/h11-12H,4-10H2,1-3H3. The zero-order chi connectivity index (χ0) is 14.5. The first kappa shape index (κ1) is 15.4. The van der Waals surface area contributed by atoms with Gasteiger partial charge in [-0.1, -0.05) is 32.0 Å². The predicted octanol–water partition coefficient (Wildman–Crippen LogP) is 2.37. The van der Waals surface area contributed by atoms with E-state index in [1.165, 1.54) is 25.7 Å². The summed E-state index contributed by atoms with van der Waals surface area (Å²) in [4.78, 5) is 3.42. The average molecular weight is 295 g/mol. The maximum Gasteiger partial charge on any atom is 0.150 e. The van der Waals surface area contributed by atoms with Gasteiger partial charge in [-0.15, -0.1) is 5.10 Å². The second kappa shape index (κ2) is 7.11. The zero-order valence-electron chi connectivity index (χ0n) is 12.7. The van der Waals surface area contributed by atoms with E-state index in [0.717, 1.165) is 36.0 Å². The number of tetrazole rings is 1. The third kappa shape index (κ3) is 3.75. The molecule has 0 saturated heterocycles. The van der Waals surface area contributed by atoms with E-state index in [9.17, 15) is 0 Å². The molecule has 2 rings (SSSR count). The lowest BCUT2D eigenvalue weighted by Crippen LogP contribution is -2.41. The highest BCUT2D eigenvalue weighted by Crippen LogP contribution is 2.28. The van der Waals surface area contributed by atoms with Crippen LogP contribution in [0.3, 0.4) is 0 Å². The van der Waals surface area contributed by atoms with Crippen molar-refractivity contribution in [2.45, 2.75) is 57.9 Å². The van der Waals surface area contributed by atoms with Crippen LogP contribution >= 0.6 is 12.2 Å². The smallest absolute Gasteiger partial charge is 0.150 e. The van der Waals surface area contributed by atoms with Gasteiger partial charge < -0.3 is 4.90 Å². The van der Waals surface area contributed by atoms with Gasteiger partial charge in [0.05, 0.1) is 4.99 Å². The van der Waals surface area contributed by atoms with Crippen LogP contribution < -0.4 is 0 Å². The molecule has 0 N–H and O–H groups in total. The Morgan fingerprint density at radius 3 is 2.80 bits per heavy atom. The van der Waals surface area contributed by atoms with E-state index in [4.69, 9.17) is 12.2 Å². The highest BCUT2D eigenvalue weighted by molar-refractivity contribution is 7.80. The Morgan fingerprint density at radius 2 is 2.15 bits per heavy atom. The fraction of sp³-hybridized carbons (Fsp3) is 0.857. The number of thiocarbonyl (C=S) groups is 1. The van der Waals surface area contributed by atoms with Gasteiger partial charge in [0.2, 0.25) is 0 Å². The first-order chi connectivity index (χ1) is 9.59. The summed E-state index contributed by atoms with van der Waals surface area (Å²) in [6.45, 7) is 2.36. The van der Waals surface area contributed by atoms with Gasteiger partial charge in [-0.05, 0) is 42.0 Å². The zero-order valence-corrected chi connectivity index (χ0v) is 13.6. The molecule has 112 valence electrons. The van der Waals surface area contributed by atoms with Crippen LogP contribution in [-0.2, 0) is 13.5 Å². The summed E-state index contributed by atoms with van der Waals surface area (Å²) in [5, 5.41) is 11.5. The molecule has 0 amide bonds. The van der Waals surface area contributed by atoms with Crippen LogP contribution in [0.25, 0.3) is 0 Å². The van der Waals surface area contributed by atoms with Gasteiger partial charge in [-0.3, -0.25) is 0 Å². The Morgan fingerprint density at radius 1 is 1.40 bits per heavy atom. The Kier molecular flexibility index (Phi) is 5.46. The molecule has 1 saturated carbocycles. The van der Waals surface area contributed by atoms with Crippen molar-refractivity contribution in [3.8, 4) is 0 Å². The van der Waals surface area contributed by atoms with Crippen molar-refractivity contribution in [3.63, 3.8) is 0 Å². The molecule has 20 heavy (non-hydrogen) atoms. The fourth-order valence-corrected chi connectivity index (χ4v) is 3.37. The van der Waals surface area contributed by atoms with E-state index in [2.05, 4.69) is 34.4 Å². The van der Waals surface area contributed by atoms with Crippen LogP contribution in [0.4, 0.5) is 0 Å². The van der Waals surface area contributed by atoms with Crippen molar-refractivity contribution >= 4 is 17.2 Å². The maximum atomic E-state index is 5.61. The molecule has 0 spiro atoms. The quantitative estimate of drug-likeness (QED) is 0.781. The molecule has 5 nitrogen and oxygen atoms in total. The molecule has 1 heterocycles. The molecule has 2 unspecified atom stereocenters. The monoisotopic (exact) mass is 295 g/mol. The van der Waals surface area contributed by atoms with Gasteiger partial charge in [0.1, 0.15) is 0 Å². The second-order valence-electron chi connectivity index (χ2n) is 5.91. The molecular formula is C14H25N5S. The molecule has 6 heteroatoms. The molecule has 0 radical (unpaired) electrons. The number of hydrogen-bond acceptors (Lipinski definition) is 4. The number of hydrogen-bond donors (Lipinski definition) is 0.